The third kappa shape index (κ3) is 4.34. The Hall–Kier alpha value is -4.20. The number of nitrogens with zero attached hydrogens (tertiary/aromatic N) is 6. The molecule has 8 nitrogen and oxygen atoms in total. The van der Waals surface area contributed by atoms with Crippen LogP contribution in [0, 0.1) is 0 Å². The summed E-state index contributed by atoms with van der Waals surface area (Å²) in [4.78, 5) is 17.9. The molecule has 0 saturated heterocycles. The maximum absolute atomic E-state index is 10.8. The molecule has 1 aliphatic rings. The van der Waals surface area contributed by atoms with Gasteiger partial charge in [0.2, 0.25) is 0 Å². The standard InChI is InChI=1S/C26H26N6O2/c33-21-7-8-22(34)24-23(21)25(29-9-3-13-31-15-11-27-17-31)19-5-1-2-6-20(19)26(24)30-10-4-14-32-16-12-28-18-32/h1-2,5-8,11-12,15-18,33-34H,3-4,9-10,13-14H2. The highest BCUT2D eigenvalue weighted by Crippen LogP contribution is 2.38. The Labute approximate surface area is 197 Å². The number of rotatable bonds is 8. The summed E-state index contributed by atoms with van der Waals surface area (Å²) in [7, 11) is 0. The molecule has 0 aliphatic heterocycles. The number of aromatic nitrogens is 4. The van der Waals surface area contributed by atoms with Gasteiger partial charge in [-0.3, -0.25) is 9.98 Å². The zero-order chi connectivity index (χ0) is 23.3. The molecule has 34 heavy (non-hydrogen) atoms. The van der Waals surface area contributed by atoms with E-state index >= 15 is 0 Å². The van der Waals surface area contributed by atoms with E-state index in [1.807, 2.05) is 45.8 Å². The van der Waals surface area contributed by atoms with Gasteiger partial charge in [-0.2, -0.15) is 0 Å². The molecular weight excluding hydrogens is 428 g/mol. The number of imidazole rings is 2. The van der Waals surface area contributed by atoms with Gasteiger partial charge in [0.05, 0.1) is 35.2 Å². The Morgan fingerprint density at radius 1 is 0.676 bits per heavy atom. The minimum Gasteiger partial charge on any atom is -0.507 e. The van der Waals surface area contributed by atoms with E-state index < -0.39 is 0 Å². The average Bonchev–Trinajstić information content (AvgIpc) is 3.57. The number of aryl methyl sites for hydroxylation is 2. The summed E-state index contributed by atoms with van der Waals surface area (Å²) in [6, 6.07) is 10.9. The van der Waals surface area contributed by atoms with E-state index in [0.717, 1.165) is 37.1 Å². The molecule has 1 aliphatic carbocycles. The second kappa shape index (κ2) is 9.74. The van der Waals surface area contributed by atoms with Gasteiger partial charge < -0.3 is 19.3 Å². The molecule has 0 atom stereocenters. The molecule has 2 aromatic carbocycles. The number of fused-ring (bicyclic) bond motifs is 2. The summed E-state index contributed by atoms with van der Waals surface area (Å²) in [6.07, 6.45) is 12.6. The van der Waals surface area contributed by atoms with Gasteiger partial charge >= 0.3 is 0 Å². The van der Waals surface area contributed by atoms with Crippen LogP contribution in [-0.2, 0) is 13.1 Å². The Balaban J connectivity index is 1.48. The van der Waals surface area contributed by atoms with Crippen LogP contribution in [0.1, 0.15) is 35.1 Å². The van der Waals surface area contributed by atoms with Crippen molar-refractivity contribution in [1.82, 2.24) is 19.1 Å². The van der Waals surface area contributed by atoms with E-state index in [1.165, 1.54) is 12.1 Å². The molecule has 8 heteroatoms. The third-order valence-electron chi connectivity index (χ3n) is 5.88. The Morgan fingerprint density at radius 3 is 1.56 bits per heavy atom. The van der Waals surface area contributed by atoms with Crippen molar-refractivity contribution in [3.05, 3.63) is 96.1 Å². The topological polar surface area (TPSA) is 101 Å². The first-order valence-electron chi connectivity index (χ1n) is 11.4. The Kier molecular flexibility index (Phi) is 6.20. The largest absolute Gasteiger partial charge is 0.507 e. The molecule has 2 heterocycles. The van der Waals surface area contributed by atoms with Crippen molar-refractivity contribution in [2.24, 2.45) is 9.98 Å². The van der Waals surface area contributed by atoms with Crippen LogP contribution in [-0.4, -0.2) is 53.8 Å². The van der Waals surface area contributed by atoms with Crippen LogP contribution >= 0.6 is 0 Å². The molecule has 0 radical (unpaired) electrons. The molecule has 0 spiro atoms. The molecule has 2 N–H and O–H groups in total. The zero-order valence-electron chi connectivity index (χ0n) is 18.7. The molecule has 0 bridgehead atoms. The van der Waals surface area contributed by atoms with Crippen molar-refractivity contribution in [3.8, 4) is 11.5 Å². The van der Waals surface area contributed by atoms with Crippen LogP contribution in [0.2, 0.25) is 0 Å². The lowest BCUT2D eigenvalue weighted by atomic mass is 9.81. The Bertz CT molecular complexity index is 1220. The minimum absolute atomic E-state index is 0.0850. The number of hydrogen-bond donors (Lipinski definition) is 2. The second-order valence-corrected chi connectivity index (χ2v) is 8.17. The molecular formula is C26H26N6O2. The number of hydrogen-bond acceptors (Lipinski definition) is 6. The predicted molar refractivity (Wildman–Crippen MR) is 131 cm³/mol. The molecule has 2 aromatic heterocycles. The zero-order valence-corrected chi connectivity index (χ0v) is 18.7. The molecule has 0 unspecified atom stereocenters. The Morgan fingerprint density at radius 2 is 1.15 bits per heavy atom. The van der Waals surface area contributed by atoms with Crippen LogP contribution in [0.4, 0.5) is 0 Å². The monoisotopic (exact) mass is 454 g/mol. The lowest BCUT2D eigenvalue weighted by molar-refractivity contribution is 0.458. The lowest BCUT2D eigenvalue weighted by Crippen LogP contribution is -2.23. The van der Waals surface area contributed by atoms with Crippen molar-refractivity contribution in [2.75, 3.05) is 13.1 Å². The van der Waals surface area contributed by atoms with Crippen molar-refractivity contribution in [2.45, 2.75) is 25.9 Å². The third-order valence-corrected chi connectivity index (χ3v) is 5.88. The quantitative estimate of drug-likeness (QED) is 0.276. The molecule has 4 aromatic rings. The van der Waals surface area contributed by atoms with Crippen LogP contribution in [0.5, 0.6) is 11.5 Å². The van der Waals surface area contributed by atoms with Crippen molar-refractivity contribution in [3.63, 3.8) is 0 Å². The fraction of sp³-hybridized carbons (Fsp3) is 0.231. The van der Waals surface area contributed by atoms with Crippen molar-refractivity contribution >= 4 is 11.4 Å². The average molecular weight is 455 g/mol. The maximum Gasteiger partial charge on any atom is 0.125 e. The lowest BCUT2D eigenvalue weighted by Gasteiger charge is -2.25. The number of aliphatic imine (C=N–C) groups is 2. The van der Waals surface area contributed by atoms with E-state index in [2.05, 4.69) is 9.97 Å². The smallest absolute Gasteiger partial charge is 0.125 e. The van der Waals surface area contributed by atoms with E-state index in [4.69, 9.17) is 9.98 Å². The van der Waals surface area contributed by atoms with Gasteiger partial charge in [-0.25, -0.2) is 9.97 Å². The van der Waals surface area contributed by atoms with Gasteiger partial charge in [0, 0.05) is 62.1 Å². The highest BCUT2D eigenvalue weighted by Gasteiger charge is 2.31. The van der Waals surface area contributed by atoms with Gasteiger partial charge in [-0.1, -0.05) is 24.3 Å². The molecule has 172 valence electrons. The summed E-state index contributed by atoms with van der Waals surface area (Å²) in [5, 5.41) is 21.7. The van der Waals surface area contributed by atoms with E-state index in [1.54, 1.807) is 25.0 Å². The normalized spacial score (nSPS) is 14.9. The van der Waals surface area contributed by atoms with Crippen LogP contribution < -0.4 is 0 Å². The second-order valence-electron chi connectivity index (χ2n) is 8.17. The van der Waals surface area contributed by atoms with Crippen LogP contribution in [0.3, 0.4) is 0 Å². The van der Waals surface area contributed by atoms with E-state index in [-0.39, 0.29) is 11.5 Å². The molecule has 0 amide bonds. The van der Waals surface area contributed by atoms with Crippen LogP contribution in [0.15, 0.2) is 83.8 Å². The van der Waals surface area contributed by atoms with Crippen molar-refractivity contribution < 1.29 is 10.2 Å². The number of benzene rings is 2. The van der Waals surface area contributed by atoms with Gasteiger partial charge in [-0.15, -0.1) is 0 Å². The van der Waals surface area contributed by atoms with Gasteiger partial charge in [-0.05, 0) is 25.0 Å². The molecule has 5 rings (SSSR count). The first-order valence-corrected chi connectivity index (χ1v) is 11.4. The van der Waals surface area contributed by atoms with E-state index in [9.17, 15) is 10.2 Å². The number of phenolic OH excluding ortho intramolecular Hbond substituents is 2. The van der Waals surface area contributed by atoms with Gasteiger partial charge in [0.25, 0.3) is 0 Å². The first kappa shape index (κ1) is 21.6. The summed E-state index contributed by atoms with van der Waals surface area (Å²) < 4.78 is 4.03. The first-order chi connectivity index (χ1) is 16.7. The highest BCUT2D eigenvalue weighted by molar-refractivity contribution is 6.33. The predicted octanol–water partition coefficient (Wildman–Crippen LogP) is 3.66. The minimum atomic E-state index is 0.0850. The summed E-state index contributed by atoms with van der Waals surface area (Å²) in [5.74, 6) is 0.170. The fourth-order valence-corrected chi connectivity index (χ4v) is 4.28. The summed E-state index contributed by atoms with van der Waals surface area (Å²) >= 11 is 0. The van der Waals surface area contributed by atoms with Gasteiger partial charge in [0.1, 0.15) is 11.5 Å². The summed E-state index contributed by atoms with van der Waals surface area (Å²) in [6.45, 7) is 2.77. The molecule has 0 saturated carbocycles. The SMILES string of the molecule is Oc1ccc(O)c2c1C(=NCCCn1ccnc1)c1ccccc1C2=NCCCn1ccnc1. The van der Waals surface area contributed by atoms with Crippen LogP contribution in [0.25, 0.3) is 0 Å². The number of aromatic hydroxyl groups is 2. The van der Waals surface area contributed by atoms with E-state index in [0.29, 0.717) is 35.6 Å². The fourth-order valence-electron chi connectivity index (χ4n) is 4.28. The number of phenols is 2. The molecule has 0 fully saturated rings. The van der Waals surface area contributed by atoms with Gasteiger partial charge in [0.15, 0.2) is 0 Å². The highest BCUT2D eigenvalue weighted by atomic mass is 16.3. The maximum atomic E-state index is 10.8. The van der Waals surface area contributed by atoms with Crippen molar-refractivity contribution in [1.29, 1.82) is 0 Å². The summed E-state index contributed by atoms with van der Waals surface area (Å²) in [5.41, 5.74) is 4.26.